The lowest BCUT2D eigenvalue weighted by atomic mass is 9.94. The number of amides is 1. The van der Waals surface area contributed by atoms with Gasteiger partial charge in [0.1, 0.15) is 0 Å². The van der Waals surface area contributed by atoms with Crippen molar-refractivity contribution >= 4 is 5.91 Å². The molecule has 1 rings (SSSR count). The van der Waals surface area contributed by atoms with E-state index in [2.05, 4.69) is 0 Å². The van der Waals surface area contributed by atoms with Crippen molar-refractivity contribution in [1.29, 1.82) is 0 Å². The van der Waals surface area contributed by atoms with Crippen LogP contribution in [0.25, 0.3) is 0 Å². The number of hydrogen-bond acceptors (Lipinski definition) is 3. The van der Waals surface area contributed by atoms with Crippen molar-refractivity contribution in [3.63, 3.8) is 0 Å². The molecule has 1 saturated heterocycles. The second kappa shape index (κ2) is 7.67. The van der Waals surface area contributed by atoms with Crippen LogP contribution in [0.15, 0.2) is 0 Å². The molecule has 4 heteroatoms. The summed E-state index contributed by atoms with van der Waals surface area (Å²) in [5, 5.41) is 0. The minimum Gasteiger partial charge on any atom is -0.382 e. The van der Waals surface area contributed by atoms with E-state index in [9.17, 15) is 4.79 Å². The van der Waals surface area contributed by atoms with Gasteiger partial charge < -0.3 is 15.4 Å². The zero-order chi connectivity index (χ0) is 12.7. The van der Waals surface area contributed by atoms with Crippen LogP contribution in [0.5, 0.6) is 0 Å². The number of ether oxygens (including phenoxy) is 1. The number of carbonyl (C=O) groups excluding carboxylic acids is 1. The van der Waals surface area contributed by atoms with E-state index in [4.69, 9.17) is 10.5 Å². The Kier molecular flexibility index (Phi) is 6.52. The molecule has 0 aromatic heterocycles. The van der Waals surface area contributed by atoms with Gasteiger partial charge in [0, 0.05) is 26.6 Å². The second-order valence-corrected chi connectivity index (χ2v) is 5.01. The van der Waals surface area contributed by atoms with Gasteiger partial charge in [-0.3, -0.25) is 4.79 Å². The Labute approximate surface area is 104 Å². The van der Waals surface area contributed by atoms with Gasteiger partial charge in [-0.15, -0.1) is 0 Å². The Morgan fingerprint density at radius 1 is 1.59 bits per heavy atom. The minimum atomic E-state index is 0.170. The van der Waals surface area contributed by atoms with E-state index in [1.54, 1.807) is 7.11 Å². The van der Waals surface area contributed by atoms with Crippen LogP contribution in [0, 0.1) is 5.92 Å². The molecular weight excluding hydrogens is 216 g/mol. The Bertz CT molecular complexity index is 231. The molecule has 1 amide bonds. The SMILES string of the molecule is COC(C)CCC(=O)N1CCCC(CCN)C1. The van der Waals surface area contributed by atoms with Crippen LogP contribution in [0.4, 0.5) is 0 Å². The van der Waals surface area contributed by atoms with Crippen LogP contribution in [0.2, 0.25) is 0 Å². The fraction of sp³-hybridized carbons (Fsp3) is 0.923. The highest BCUT2D eigenvalue weighted by molar-refractivity contribution is 5.76. The third-order valence-electron chi connectivity index (χ3n) is 3.61. The van der Waals surface area contributed by atoms with Crippen LogP contribution < -0.4 is 5.73 Å². The number of carbonyl (C=O) groups is 1. The van der Waals surface area contributed by atoms with Gasteiger partial charge in [0.15, 0.2) is 0 Å². The first kappa shape index (κ1) is 14.5. The molecule has 0 radical (unpaired) electrons. The number of rotatable bonds is 6. The molecule has 100 valence electrons. The summed E-state index contributed by atoms with van der Waals surface area (Å²) < 4.78 is 5.16. The Hall–Kier alpha value is -0.610. The van der Waals surface area contributed by atoms with Crippen LogP contribution in [0.1, 0.15) is 39.0 Å². The van der Waals surface area contributed by atoms with E-state index in [0.29, 0.717) is 12.3 Å². The van der Waals surface area contributed by atoms with E-state index in [-0.39, 0.29) is 12.0 Å². The fourth-order valence-corrected chi connectivity index (χ4v) is 2.37. The molecule has 1 aliphatic rings. The zero-order valence-electron chi connectivity index (χ0n) is 11.2. The topological polar surface area (TPSA) is 55.6 Å². The fourth-order valence-electron chi connectivity index (χ4n) is 2.37. The summed E-state index contributed by atoms with van der Waals surface area (Å²) in [7, 11) is 1.69. The van der Waals surface area contributed by atoms with E-state index in [1.165, 1.54) is 6.42 Å². The summed E-state index contributed by atoms with van der Waals surface area (Å²) in [6.45, 7) is 4.55. The summed E-state index contributed by atoms with van der Waals surface area (Å²) in [4.78, 5) is 14.0. The first-order valence-corrected chi connectivity index (χ1v) is 6.68. The van der Waals surface area contributed by atoms with Crippen molar-refractivity contribution < 1.29 is 9.53 Å². The van der Waals surface area contributed by atoms with Crippen molar-refractivity contribution in [2.24, 2.45) is 11.7 Å². The lowest BCUT2D eigenvalue weighted by Crippen LogP contribution is -2.40. The molecule has 17 heavy (non-hydrogen) atoms. The molecule has 2 atom stereocenters. The summed E-state index contributed by atoms with van der Waals surface area (Å²) in [5.41, 5.74) is 5.58. The van der Waals surface area contributed by atoms with Crippen molar-refractivity contribution in [3.05, 3.63) is 0 Å². The molecule has 0 aromatic carbocycles. The molecule has 0 aromatic rings. The molecule has 0 bridgehead atoms. The molecule has 0 aliphatic carbocycles. The molecule has 0 saturated carbocycles. The van der Waals surface area contributed by atoms with Gasteiger partial charge in [-0.2, -0.15) is 0 Å². The van der Waals surface area contributed by atoms with E-state index < -0.39 is 0 Å². The first-order valence-electron chi connectivity index (χ1n) is 6.68. The van der Waals surface area contributed by atoms with Crippen LogP contribution in [-0.2, 0) is 9.53 Å². The van der Waals surface area contributed by atoms with Crippen molar-refractivity contribution in [3.8, 4) is 0 Å². The highest BCUT2D eigenvalue weighted by Gasteiger charge is 2.22. The number of nitrogens with zero attached hydrogens (tertiary/aromatic N) is 1. The maximum atomic E-state index is 12.0. The molecule has 4 nitrogen and oxygen atoms in total. The highest BCUT2D eigenvalue weighted by atomic mass is 16.5. The van der Waals surface area contributed by atoms with Crippen LogP contribution in [0.3, 0.4) is 0 Å². The van der Waals surface area contributed by atoms with E-state index in [1.807, 2.05) is 11.8 Å². The quantitative estimate of drug-likeness (QED) is 0.765. The van der Waals surface area contributed by atoms with Crippen molar-refractivity contribution in [2.75, 3.05) is 26.7 Å². The lowest BCUT2D eigenvalue weighted by molar-refractivity contribution is -0.133. The standard InChI is InChI=1S/C13H26N2O2/c1-11(17-2)5-6-13(16)15-9-3-4-12(10-15)7-8-14/h11-12H,3-10,14H2,1-2H3. The van der Waals surface area contributed by atoms with Gasteiger partial charge in [-0.25, -0.2) is 0 Å². The minimum absolute atomic E-state index is 0.170. The highest BCUT2D eigenvalue weighted by Crippen LogP contribution is 2.20. The van der Waals surface area contributed by atoms with Gasteiger partial charge in [0.05, 0.1) is 6.10 Å². The maximum absolute atomic E-state index is 12.0. The van der Waals surface area contributed by atoms with Crippen LogP contribution in [-0.4, -0.2) is 43.7 Å². The van der Waals surface area contributed by atoms with Gasteiger partial charge in [-0.05, 0) is 45.1 Å². The van der Waals surface area contributed by atoms with Gasteiger partial charge in [-0.1, -0.05) is 0 Å². The van der Waals surface area contributed by atoms with Gasteiger partial charge in [0.25, 0.3) is 0 Å². The molecule has 1 heterocycles. The van der Waals surface area contributed by atoms with Crippen molar-refractivity contribution in [1.82, 2.24) is 4.90 Å². The summed E-state index contributed by atoms with van der Waals surface area (Å²) in [5.74, 6) is 0.883. The Morgan fingerprint density at radius 3 is 3.00 bits per heavy atom. The average Bonchev–Trinajstić information content (AvgIpc) is 2.36. The molecule has 2 unspecified atom stereocenters. The third-order valence-corrected chi connectivity index (χ3v) is 3.61. The largest absolute Gasteiger partial charge is 0.382 e. The smallest absolute Gasteiger partial charge is 0.222 e. The number of piperidine rings is 1. The molecule has 1 fully saturated rings. The Morgan fingerprint density at radius 2 is 2.35 bits per heavy atom. The number of likely N-dealkylation sites (tertiary alicyclic amines) is 1. The van der Waals surface area contributed by atoms with Crippen molar-refractivity contribution in [2.45, 2.75) is 45.1 Å². The van der Waals surface area contributed by atoms with E-state index in [0.717, 1.165) is 38.9 Å². The average molecular weight is 242 g/mol. The van der Waals surface area contributed by atoms with Gasteiger partial charge in [0.2, 0.25) is 5.91 Å². The maximum Gasteiger partial charge on any atom is 0.222 e. The molecule has 2 N–H and O–H groups in total. The third kappa shape index (κ3) is 5.04. The summed E-state index contributed by atoms with van der Waals surface area (Å²) in [6, 6.07) is 0. The number of methoxy groups -OCH3 is 1. The monoisotopic (exact) mass is 242 g/mol. The molecular formula is C13H26N2O2. The summed E-state index contributed by atoms with van der Waals surface area (Å²) in [6.07, 6.45) is 4.96. The molecule has 1 aliphatic heterocycles. The predicted octanol–water partition coefficient (Wildman–Crippen LogP) is 1.39. The Balaban J connectivity index is 2.30. The summed E-state index contributed by atoms with van der Waals surface area (Å²) >= 11 is 0. The second-order valence-electron chi connectivity index (χ2n) is 5.01. The normalized spacial score (nSPS) is 22.5. The zero-order valence-corrected chi connectivity index (χ0v) is 11.2. The van der Waals surface area contributed by atoms with E-state index >= 15 is 0 Å². The number of hydrogen-bond donors (Lipinski definition) is 1. The van der Waals surface area contributed by atoms with Gasteiger partial charge >= 0.3 is 0 Å². The lowest BCUT2D eigenvalue weighted by Gasteiger charge is -2.33. The van der Waals surface area contributed by atoms with Crippen LogP contribution >= 0.6 is 0 Å². The number of nitrogens with two attached hydrogens (primary N) is 1. The predicted molar refractivity (Wildman–Crippen MR) is 68.7 cm³/mol. The molecule has 0 spiro atoms. The first-order chi connectivity index (χ1) is 8.17.